The summed E-state index contributed by atoms with van der Waals surface area (Å²) in [6, 6.07) is 11.3. The van der Waals surface area contributed by atoms with Crippen molar-refractivity contribution in [1.29, 1.82) is 0 Å². The van der Waals surface area contributed by atoms with Gasteiger partial charge in [-0.15, -0.1) is 0 Å². The highest BCUT2D eigenvalue weighted by Gasteiger charge is 2.17. The van der Waals surface area contributed by atoms with Crippen molar-refractivity contribution in [3.05, 3.63) is 58.1 Å². The van der Waals surface area contributed by atoms with E-state index in [1.165, 1.54) is 12.1 Å². The number of rotatable bonds is 8. The fourth-order valence-corrected chi connectivity index (χ4v) is 3.84. The van der Waals surface area contributed by atoms with E-state index in [2.05, 4.69) is 26.0 Å². The Morgan fingerprint density at radius 1 is 1.19 bits per heavy atom. The number of benzene rings is 2. The van der Waals surface area contributed by atoms with Gasteiger partial charge in [-0.05, 0) is 65.2 Å². The van der Waals surface area contributed by atoms with Gasteiger partial charge in [0.05, 0.1) is 10.6 Å². The van der Waals surface area contributed by atoms with Gasteiger partial charge in [-0.1, -0.05) is 12.1 Å². The highest BCUT2D eigenvalue weighted by molar-refractivity contribution is 9.10. The number of sulfonamides is 1. The van der Waals surface area contributed by atoms with Gasteiger partial charge in [0.15, 0.2) is 0 Å². The van der Waals surface area contributed by atoms with E-state index in [1.54, 1.807) is 31.4 Å². The lowest BCUT2D eigenvalue weighted by Gasteiger charge is -2.12. The van der Waals surface area contributed by atoms with Gasteiger partial charge in [0, 0.05) is 30.3 Å². The lowest BCUT2D eigenvalue weighted by atomic mass is 10.2. The first kappa shape index (κ1) is 20.4. The number of nitrogens with one attached hydrogen (secondary N) is 2. The van der Waals surface area contributed by atoms with Crippen LogP contribution in [0.5, 0.6) is 0 Å². The molecule has 2 aromatic carbocycles. The van der Waals surface area contributed by atoms with Crippen molar-refractivity contribution in [2.45, 2.75) is 18.2 Å². The number of methoxy groups -OCH3 is 1. The van der Waals surface area contributed by atoms with E-state index in [9.17, 15) is 13.2 Å². The molecule has 140 valence electrons. The minimum atomic E-state index is -3.82. The summed E-state index contributed by atoms with van der Waals surface area (Å²) < 4.78 is 33.4. The summed E-state index contributed by atoms with van der Waals surface area (Å²) in [4.78, 5) is 12.2. The van der Waals surface area contributed by atoms with E-state index >= 15 is 0 Å². The molecule has 0 radical (unpaired) electrons. The van der Waals surface area contributed by atoms with Crippen LogP contribution in [-0.2, 0) is 14.8 Å². The maximum atomic E-state index is 12.7. The molecule has 0 aliphatic rings. The lowest BCUT2D eigenvalue weighted by Crippen LogP contribution is -2.25. The third-order valence-electron chi connectivity index (χ3n) is 3.58. The van der Waals surface area contributed by atoms with Gasteiger partial charge in [-0.2, -0.15) is 0 Å². The smallest absolute Gasteiger partial charge is 0.261 e. The summed E-state index contributed by atoms with van der Waals surface area (Å²) in [6.45, 7) is 2.88. The molecule has 0 saturated carbocycles. The van der Waals surface area contributed by atoms with Crippen LogP contribution >= 0.6 is 15.9 Å². The Morgan fingerprint density at radius 2 is 1.96 bits per heavy atom. The van der Waals surface area contributed by atoms with Crippen LogP contribution in [-0.4, -0.2) is 34.6 Å². The molecule has 0 unspecified atom stereocenters. The summed E-state index contributed by atoms with van der Waals surface area (Å²) in [7, 11) is -2.22. The number of amides is 1. The van der Waals surface area contributed by atoms with Crippen molar-refractivity contribution in [1.82, 2.24) is 5.32 Å². The summed E-state index contributed by atoms with van der Waals surface area (Å²) in [5.41, 5.74) is 1.66. The Hall–Kier alpha value is -1.90. The highest BCUT2D eigenvalue weighted by Crippen LogP contribution is 2.26. The van der Waals surface area contributed by atoms with Crippen LogP contribution in [0.2, 0.25) is 0 Å². The third kappa shape index (κ3) is 5.55. The molecule has 0 aliphatic heterocycles. The standard InChI is InChI=1S/C18H21BrN2O4S/c1-13-7-8-16(19)17(11-13)21-26(23,24)15-6-3-5-14(12-15)18(22)20-9-4-10-25-2/h3,5-8,11-12,21H,4,9-10H2,1-2H3,(H,20,22). The average Bonchev–Trinajstić information content (AvgIpc) is 2.61. The van der Waals surface area contributed by atoms with Gasteiger partial charge >= 0.3 is 0 Å². The van der Waals surface area contributed by atoms with Gasteiger partial charge in [-0.25, -0.2) is 8.42 Å². The summed E-state index contributed by atoms with van der Waals surface area (Å²) in [5, 5.41) is 2.74. The van der Waals surface area contributed by atoms with E-state index in [0.717, 1.165) is 5.56 Å². The van der Waals surface area contributed by atoms with Crippen molar-refractivity contribution in [3.63, 3.8) is 0 Å². The second kappa shape index (κ2) is 9.16. The predicted molar refractivity (Wildman–Crippen MR) is 105 cm³/mol. The molecule has 0 aliphatic carbocycles. The molecule has 6 nitrogen and oxygen atoms in total. The molecule has 0 atom stereocenters. The van der Waals surface area contributed by atoms with Crippen molar-refractivity contribution in [2.24, 2.45) is 0 Å². The number of anilines is 1. The lowest BCUT2D eigenvalue weighted by molar-refractivity contribution is 0.0948. The second-order valence-corrected chi connectivity index (χ2v) is 8.26. The molecule has 0 bridgehead atoms. The predicted octanol–water partition coefficient (Wildman–Crippen LogP) is 3.32. The number of hydrogen-bond acceptors (Lipinski definition) is 4. The van der Waals surface area contributed by atoms with Crippen LogP contribution in [0.1, 0.15) is 22.3 Å². The number of ether oxygens (including phenoxy) is 1. The SMILES string of the molecule is COCCCNC(=O)c1cccc(S(=O)(=O)Nc2cc(C)ccc2Br)c1. The molecule has 8 heteroatoms. The zero-order chi connectivity index (χ0) is 19.2. The molecule has 0 saturated heterocycles. The van der Waals surface area contributed by atoms with Crippen molar-refractivity contribution in [2.75, 3.05) is 25.0 Å². The Kier molecular flexibility index (Phi) is 7.19. The minimum Gasteiger partial charge on any atom is -0.385 e. The Morgan fingerprint density at radius 3 is 2.69 bits per heavy atom. The molecule has 0 heterocycles. The third-order valence-corrected chi connectivity index (χ3v) is 5.64. The van der Waals surface area contributed by atoms with Gasteiger partial charge in [0.1, 0.15) is 0 Å². The Balaban J connectivity index is 2.17. The largest absolute Gasteiger partial charge is 0.385 e. The Labute approximate surface area is 162 Å². The van der Waals surface area contributed by atoms with E-state index in [-0.39, 0.29) is 16.4 Å². The number of aryl methyl sites for hydroxylation is 1. The van der Waals surface area contributed by atoms with E-state index in [4.69, 9.17) is 4.74 Å². The number of carbonyl (C=O) groups is 1. The zero-order valence-corrected chi connectivity index (χ0v) is 17.0. The normalized spacial score (nSPS) is 11.2. The molecule has 0 spiro atoms. The van der Waals surface area contributed by atoms with Crippen LogP contribution in [0.3, 0.4) is 0 Å². The summed E-state index contributed by atoms with van der Waals surface area (Å²) >= 11 is 3.33. The van der Waals surface area contributed by atoms with Gasteiger partial charge in [0.2, 0.25) is 0 Å². The van der Waals surface area contributed by atoms with Gasteiger partial charge < -0.3 is 10.1 Å². The molecule has 1 amide bonds. The monoisotopic (exact) mass is 440 g/mol. The van der Waals surface area contributed by atoms with Crippen LogP contribution in [0.4, 0.5) is 5.69 Å². The number of halogens is 1. The molecule has 2 rings (SSSR count). The fourth-order valence-electron chi connectivity index (χ4n) is 2.25. The average molecular weight is 441 g/mol. The van der Waals surface area contributed by atoms with Crippen molar-refractivity contribution < 1.29 is 17.9 Å². The van der Waals surface area contributed by atoms with Gasteiger partial charge in [-0.3, -0.25) is 9.52 Å². The molecule has 26 heavy (non-hydrogen) atoms. The number of hydrogen-bond donors (Lipinski definition) is 2. The highest BCUT2D eigenvalue weighted by atomic mass is 79.9. The van der Waals surface area contributed by atoms with Crippen LogP contribution in [0.15, 0.2) is 51.8 Å². The summed E-state index contributed by atoms with van der Waals surface area (Å²) in [5.74, 6) is -0.324. The van der Waals surface area contributed by atoms with Gasteiger partial charge in [0.25, 0.3) is 15.9 Å². The zero-order valence-electron chi connectivity index (χ0n) is 14.6. The quantitative estimate of drug-likeness (QED) is 0.616. The van der Waals surface area contributed by atoms with E-state index in [1.807, 2.05) is 13.0 Å². The fraction of sp³-hybridized carbons (Fsp3) is 0.278. The molecule has 0 aromatic heterocycles. The first-order chi connectivity index (χ1) is 12.3. The van der Waals surface area contributed by atoms with Crippen LogP contribution < -0.4 is 10.0 Å². The Bertz CT molecular complexity index is 885. The first-order valence-electron chi connectivity index (χ1n) is 7.99. The maximum absolute atomic E-state index is 12.7. The molecular weight excluding hydrogens is 420 g/mol. The van der Waals surface area contributed by atoms with E-state index in [0.29, 0.717) is 29.7 Å². The molecule has 0 fully saturated rings. The topological polar surface area (TPSA) is 84.5 Å². The second-order valence-electron chi connectivity index (χ2n) is 5.72. The number of carbonyl (C=O) groups excluding carboxylic acids is 1. The van der Waals surface area contributed by atoms with Crippen LogP contribution in [0, 0.1) is 6.92 Å². The summed E-state index contributed by atoms with van der Waals surface area (Å²) in [6.07, 6.45) is 0.684. The maximum Gasteiger partial charge on any atom is 0.261 e. The molecular formula is C18H21BrN2O4S. The van der Waals surface area contributed by atoms with Crippen LogP contribution in [0.25, 0.3) is 0 Å². The minimum absolute atomic E-state index is 0.0236. The molecule has 2 N–H and O–H groups in total. The van der Waals surface area contributed by atoms with Crippen molar-refractivity contribution >= 4 is 37.5 Å². The molecule has 2 aromatic rings. The first-order valence-corrected chi connectivity index (χ1v) is 10.3. The van der Waals surface area contributed by atoms with Crippen molar-refractivity contribution in [3.8, 4) is 0 Å². The van der Waals surface area contributed by atoms with E-state index < -0.39 is 10.0 Å².